The third-order valence-electron chi connectivity index (χ3n) is 5.74. The Morgan fingerprint density at radius 1 is 1.00 bits per heavy atom. The van der Waals surface area contributed by atoms with E-state index in [1.54, 1.807) is 29.2 Å². The van der Waals surface area contributed by atoms with Crippen molar-refractivity contribution in [1.29, 1.82) is 0 Å². The molecule has 0 aliphatic carbocycles. The number of aromatic nitrogens is 1. The molecule has 0 bridgehead atoms. The molecule has 1 N–H and O–H groups in total. The molecule has 6 heteroatoms. The van der Waals surface area contributed by atoms with Gasteiger partial charge in [0.2, 0.25) is 0 Å². The van der Waals surface area contributed by atoms with Crippen LogP contribution >= 0.6 is 23.2 Å². The van der Waals surface area contributed by atoms with Crippen molar-refractivity contribution in [2.75, 3.05) is 6.54 Å². The molecule has 0 saturated heterocycles. The Bertz CT molecular complexity index is 1260. The van der Waals surface area contributed by atoms with Gasteiger partial charge in [0.25, 0.3) is 0 Å². The second-order valence-electron chi connectivity index (χ2n) is 7.79. The minimum atomic E-state index is -0.393. The number of rotatable bonds is 2. The maximum absolute atomic E-state index is 13.2. The molecular weight excluding hydrogens is 431 g/mol. The fraction of sp³-hybridized carbons (Fsp3) is 0.160. The highest BCUT2D eigenvalue weighted by molar-refractivity contribution is 6.31. The average Bonchev–Trinajstić information content (AvgIpc) is 3.13. The van der Waals surface area contributed by atoms with E-state index in [1.807, 2.05) is 25.1 Å². The number of hydrogen-bond acceptors (Lipinski definition) is 2. The minimum Gasteiger partial charge on any atom is -0.410 e. The van der Waals surface area contributed by atoms with Gasteiger partial charge in [-0.25, -0.2) is 4.79 Å². The molecular formula is C25H20Cl2N2O2. The summed E-state index contributed by atoms with van der Waals surface area (Å²) in [5.41, 5.74) is 5.40. The molecule has 5 rings (SSSR count). The monoisotopic (exact) mass is 450 g/mol. The Labute approximate surface area is 190 Å². The van der Waals surface area contributed by atoms with E-state index in [1.165, 1.54) is 11.1 Å². The van der Waals surface area contributed by atoms with Gasteiger partial charge in [0.15, 0.2) is 0 Å². The van der Waals surface area contributed by atoms with E-state index in [4.69, 9.17) is 27.9 Å². The molecule has 31 heavy (non-hydrogen) atoms. The van der Waals surface area contributed by atoms with E-state index in [-0.39, 0.29) is 6.04 Å². The number of benzene rings is 3. The van der Waals surface area contributed by atoms with Crippen LogP contribution in [-0.4, -0.2) is 22.5 Å². The molecule has 0 saturated carbocycles. The largest absolute Gasteiger partial charge is 0.416 e. The first-order valence-electron chi connectivity index (χ1n) is 10.1. The average molecular weight is 451 g/mol. The molecule has 0 spiro atoms. The van der Waals surface area contributed by atoms with E-state index < -0.39 is 6.09 Å². The number of carbonyl (C=O) groups excluding carboxylic acids is 1. The van der Waals surface area contributed by atoms with Gasteiger partial charge < -0.3 is 9.72 Å². The molecule has 1 atom stereocenters. The number of amides is 1. The zero-order chi connectivity index (χ0) is 21.5. The van der Waals surface area contributed by atoms with Crippen LogP contribution in [0.4, 0.5) is 4.79 Å². The van der Waals surface area contributed by atoms with Crippen molar-refractivity contribution >= 4 is 40.2 Å². The standard InChI is InChI=1S/C25H20Cl2N2O2/c1-15-2-4-16(5-3-15)24-23-20(21-14-18(27)8-11-22(21)28-23)12-13-29(24)25(30)31-19-9-6-17(26)7-10-19/h2-11,14,24,28H,12-13H2,1H3. The molecule has 2 heterocycles. The van der Waals surface area contributed by atoms with Gasteiger partial charge in [0, 0.05) is 33.2 Å². The Morgan fingerprint density at radius 3 is 2.45 bits per heavy atom. The number of carbonyl (C=O) groups is 1. The van der Waals surface area contributed by atoms with Crippen LogP contribution in [0.15, 0.2) is 66.7 Å². The van der Waals surface area contributed by atoms with Crippen molar-refractivity contribution < 1.29 is 9.53 Å². The second kappa shape index (κ2) is 7.95. The lowest BCUT2D eigenvalue weighted by Gasteiger charge is -2.35. The summed E-state index contributed by atoms with van der Waals surface area (Å²) in [5.74, 6) is 0.464. The van der Waals surface area contributed by atoms with Gasteiger partial charge in [-0.15, -0.1) is 0 Å². The summed E-state index contributed by atoms with van der Waals surface area (Å²) in [7, 11) is 0. The lowest BCUT2D eigenvalue weighted by molar-refractivity contribution is 0.135. The SMILES string of the molecule is Cc1ccc(C2c3[nH]c4ccc(Cl)cc4c3CCN2C(=O)Oc2ccc(Cl)cc2)cc1. The Kier molecular flexibility index (Phi) is 5.12. The summed E-state index contributed by atoms with van der Waals surface area (Å²) in [6.45, 7) is 2.59. The van der Waals surface area contributed by atoms with Crippen molar-refractivity contribution in [1.82, 2.24) is 9.88 Å². The Morgan fingerprint density at radius 2 is 1.71 bits per heavy atom. The highest BCUT2D eigenvalue weighted by Gasteiger charge is 2.35. The molecule has 4 aromatic rings. The third-order valence-corrected chi connectivity index (χ3v) is 6.22. The summed E-state index contributed by atoms with van der Waals surface area (Å²) in [6.07, 6.45) is 0.323. The topological polar surface area (TPSA) is 45.3 Å². The molecule has 1 aliphatic heterocycles. The van der Waals surface area contributed by atoms with Crippen LogP contribution in [0.25, 0.3) is 10.9 Å². The number of ether oxygens (including phenoxy) is 1. The molecule has 3 aromatic carbocycles. The maximum atomic E-state index is 13.2. The zero-order valence-electron chi connectivity index (χ0n) is 16.9. The Hall–Kier alpha value is -2.95. The number of hydrogen-bond donors (Lipinski definition) is 1. The van der Waals surface area contributed by atoms with Gasteiger partial charge >= 0.3 is 6.09 Å². The lowest BCUT2D eigenvalue weighted by atomic mass is 9.92. The first-order valence-corrected chi connectivity index (χ1v) is 10.9. The van der Waals surface area contributed by atoms with E-state index in [9.17, 15) is 4.79 Å². The predicted octanol–water partition coefficient (Wildman–Crippen LogP) is 6.93. The van der Waals surface area contributed by atoms with E-state index >= 15 is 0 Å². The minimum absolute atomic E-state index is 0.282. The van der Waals surface area contributed by atoms with E-state index in [2.05, 4.69) is 29.2 Å². The van der Waals surface area contributed by atoms with Crippen molar-refractivity contribution in [3.8, 4) is 5.75 Å². The van der Waals surface area contributed by atoms with E-state index in [0.717, 1.165) is 22.2 Å². The van der Waals surface area contributed by atoms with Crippen LogP contribution in [0.5, 0.6) is 5.75 Å². The van der Waals surface area contributed by atoms with Crippen LogP contribution in [0, 0.1) is 6.92 Å². The smallest absolute Gasteiger partial charge is 0.410 e. The third kappa shape index (κ3) is 3.78. The molecule has 1 aliphatic rings. The van der Waals surface area contributed by atoms with Crippen molar-refractivity contribution in [2.45, 2.75) is 19.4 Å². The fourth-order valence-electron chi connectivity index (χ4n) is 4.21. The first kappa shape index (κ1) is 20.0. The number of halogens is 2. The molecule has 0 fully saturated rings. The maximum Gasteiger partial charge on any atom is 0.416 e. The first-order chi connectivity index (χ1) is 15.0. The lowest BCUT2D eigenvalue weighted by Crippen LogP contribution is -2.42. The molecule has 4 nitrogen and oxygen atoms in total. The summed E-state index contributed by atoms with van der Waals surface area (Å²) in [4.78, 5) is 18.5. The molecule has 1 amide bonds. The zero-order valence-corrected chi connectivity index (χ0v) is 18.4. The number of nitrogens with one attached hydrogen (secondary N) is 1. The molecule has 0 radical (unpaired) electrons. The summed E-state index contributed by atoms with van der Waals surface area (Å²) in [5, 5.41) is 2.40. The van der Waals surface area contributed by atoms with Crippen LogP contribution in [0.2, 0.25) is 10.0 Å². The van der Waals surface area contributed by atoms with Crippen LogP contribution in [-0.2, 0) is 6.42 Å². The molecule has 156 valence electrons. The van der Waals surface area contributed by atoms with Gasteiger partial charge in [-0.1, -0.05) is 53.0 Å². The van der Waals surface area contributed by atoms with Gasteiger partial charge in [-0.2, -0.15) is 0 Å². The summed E-state index contributed by atoms with van der Waals surface area (Å²) >= 11 is 12.2. The van der Waals surface area contributed by atoms with Gasteiger partial charge in [-0.05, 0) is 66.9 Å². The predicted molar refractivity (Wildman–Crippen MR) is 124 cm³/mol. The molecule has 1 aromatic heterocycles. The van der Waals surface area contributed by atoms with Crippen LogP contribution < -0.4 is 4.74 Å². The van der Waals surface area contributed by atoms with Crippen LogP contribution in [0.3, 0.4) is 0 Å². The highest BCUT2D eigenvalue weighted by atomic mass is 35.5. The van der Waals surface area contributed by atoms with E-state index in [0.29, 0.717) is 28.8 Å². The normalized spacial score (nSPS) is 15.7. The van der Waals surface area contributed by atoms with Gasteiger partial charge in [-0.3, -0.25) is 4.90 Å². The Balaban J connectivity index is 1.58. The quantitative estimate of drug-likeness (QED) is 0.359. The number of nitrogens with zero attached hydrogens (tertiary/aromatic N) is 1. The van der Waals surface area contributed by atoms with Crippen LogP contribution in [0.1, 0.15) is 28.4 Å². The van der Waals surface area contributed by atoms with Gasteiger partial charge in [0.1, 0.15) is 11.8 Å². The van der Waals surface area contributed by atoms with Gasteiger partial charge in [0.05, 0.1) is 0 Å². The summed E-state index contributed by atoms with van der Waals surface area (Å²) in [6, 6.07) is 20.6. The number of aryl methyl sites for hydroxylation is 1. The number of aromatic amines is 1. The number of H-pyrrole nitrogens is 1. The molecule has 1 unspecified atom stereocenters. The fourth-order valence-corrected chi connectivity index (χ4v) is 4.51. The highest BCUT2D eigenvalue weighted by Crippen LogP contribution is 2.39. The number of fused-ring (bicyclic) bond motifs is 3. The van der Waals surface area contributed by atoms with Crippen molar-refractivity contribution in [2.24, 2.45) is 0 Å². The van der Waals surface area contributed by atoms with Crippen molar-refractivity contribution in [3.05, 3.63) is 99.2 Å². The van der Waals surface area contributed by atoms with Crippen molar-refractivity contribution in [3.63, 3.8) is 0 Å². The summed E-state index contributed by atoms with van der Waals surface area (Å²) < 4.78 is 5.69. The second-order valence-corrected chi connectivity index (χ2v) is 8.66.